The quantitative estimate of drug-likeness (QED) is 0.714. The van der Waals surface area contributed by atoms with Gasteiger partial charge in [0.15, 0.2) is 0 Å². The molecule has 0 saturated heterocycles. The lowest BCUT2D eigenvalue weighted by Gasteiger charge is -2.20. The third-order valence-corrected chi connectivity index (χ3v) is 3.74. The molecule has 0 spiro atoms. The molecule has 1 nitrogen and oxygen atoms in total. The molecule has 0 bridgehead atoms. The maximum Gasteiger partial charge on any atom is 0.0940 e. The number of anilines is 1. The molecule has 0 aliphatic carbocycles. The molecule has 0 atom stereocenters. The summed E-state index contributed by atoms with van der Waals surface area (Å²) in [7, 11) is 0. The van der Waals surface area contributed by atoms with Crippen molar-refractivity contribution in [3.05, 3.63) is 16.5 Å². The Kier molecular flexibility index (Phi) is 3.79. The first kappa shape index (κ1) is 10.6. The lowest BCUT2D eigenvalue weighted by molar-refractivity contribution is 0.871. The minimum Gasteiger partial charge on any atom is -0.364 e. The van der Waals surface area contributed by atoms with Crippen molar-refractivity contribution in [1.82, 2.24) is 0 Å². The van der Waals surface area contributed by atoms with E-state index in [9.17, 15) is 0 Å². The lowest BCUT2D eigenvalue weighted by atomic mass is 10.1. The van der Waals surface area contributed by atoms with E-state index >= 15 is 0 Å². The molecule has 0 radical (unpaired) electrons. The zero-order chi connectivity index (χ0) is 9.84. The molecule has 1 aromatic rings. The molecule has 1 rings (SSSR count). The molecular formula is C11H19NS. The van der Waals surface area contributed by atoms with Gasteiger partial charge in [-0.15, -0.1) is 11.3 Å². The Bertz CT molecular complexity index is 261. The number of nitrogens with zero attached hydrogens (tertiary/aromatic N) is 1. The fraction of sp³-hybridized carbons (Fsp3) is 0.636. The molecule has 2 heteroatoms. The van der Waals surface area contributed by atoms with E-state index in [2.05, 4.69) is 38.0 Å². The number of hydrogen-bond donors (Lipinski definition) is 0. The summed E-state index contributed by atoms with van der Waals surface area (Å²) in [4.78, 5) is 2.43. The van der Waals surface area contributed by atoms with Gasteiger partial charge >= 0.3 is 0 Å². The fourth-order valence-corrected chi connectivity index (χ4v) is 2.92. The summed E-state index contributed by atoms with van der Waals surface area (Å²) in [6, 6.07) is 0. The summed E-state index contributed by atoms with van der Waals surface area (Å²) in [5.41, 5.74) is 2.99. The maximum atomic E-state index is 2.43. The van der Waals surface area contributed by atoms with Gasteiger partial charge in [0, 0.05) is 13.1 Å². The molecule has 74 valence electrons. The molecule has 1 heterocycles. The van der Waals surface area contributed by atoms with E-state index in [1.165, 1.54) is 16.1 Å². The second-order valence-electron chi connectivity index (χ2n) is 3.22. The first-order valence-electron chi connectivity index (χ1n) is 5.06. The zero-order valence-electron chi connectivity index (χ0n) is 9.05. The van der Waals surface area contributed by atoms with E-state index in [0.29, 0.717) is 0 Å². The lowest BCUT2D eigenvalue weighted by Crippen LogP contribution is -2.21. The predicted octanol–water partition coefficient (Wildman–Crippen LogP) is 3.47. The van der Waals surface area contributed by atoms with Gasteiger partial charge in [-0.05, 0) is 43.7 Å². The topological polar surface area (TPSA) is 3.24 Å². The van der Waals surface area contributed by atoms with Crippen LogP contribution in [0.5, 0.6) is 0 Å². The highest BCUT2D eigenvalue weighted by molar-refractivity contribution is 7.14. The average molecular weight is 197 g/mol. The van der Waals surface area contributed by atoms with Gasteiger partial charge in [-0.1, -0.05) is 6.92 Å². The maximum absolute atomic E-state index is 2.43. The third-order valence-electron chi connectivity index (χ3n) is 2.55. The van der Waals surface area contributed by atoms with E-state index < -0.39 is 0 Å². The molecule has 0 saturated carbocycles. The van der Waals surface area contributed by atoms with Crippen molar-refractivity contribution in [3.63, 3.8) is 0 Å². The Morgan fingerprint density at radius 3 is 2.23 bits per heavy atom. The van der Waals surface area contributed by atoms with Crippen LogP contribution in [-0.2, 0) is 6.42 Å². The molecule has 13 heavy (non-hydrogen) atoms. The van der Waals surface area contributed by atoms with Crippen molar-refractivity contribution in [1.29, 1.82) is 0 Å². The molecule has 0 aliphatic rings. The second-order valence-corrected chi connectivity index (χ2v) is 4.08. The summed E-state index contributed by atoms with van der Waals surface area (Å²) in [5.74, 6) is 0. The second kappa shape index (κ2) is 4.66. The van der Waals surface area contributed by atoms with Crippen LogP contribution in [0.25, 0.3) is 0 Å². The first-order valence-corrected chi connectivity index (χ1v) is 5.94. The van der Waals surface area contributed by atoms with Crippen molar-refractivity contribution < 1.29 is 0 Å². The molecule has 0 amide bonds. The number of hydrogen-bond acceptors (Lipinski definition) is 2. The summed E-state index contributed by atoms with van der Waals surface area (Å²) in [6.45, 7) is 11.1. The van der Waals surface area contributed by atoms with Crippen molar-refractivity contribution in [2.75, 3.05) is 18.0 Å². The summed E-state index contributed by atoms with van der Waals surface area (Å²) >= 11 is 1.88. The van der Waals surface area contributed by atoms with E-state index in [-0.39, 0.29) is 0 Å². The smallest absolute Gasteiger partial charge is 0.0940 e. The van der Waals surface area contributed by atoms with Crippen LogP contribution < -0.4 is 4.90 Å². The van der Waals surface area contributed by atoms with Crippen LogP contribution in [0.2, 0.25) is 0 Å². The van der Waals surface area contributed by atoms with Crippen molar-refractivity contribution in [3.8, 4) is 0 Å². The Morgan fingerprint density at radius 1 is 1.23 bits per heavy atom. The average Bonchev–Trinajstić information content (AvgIpc) is 2.50. The molecule has 0 unspecified atom stereocenters. The highest BCUT2D eigenvalue weighted by Gasteiger charge is 2.10. The van der Waals surface area contributed by atoms with Gasteiger partial charge in [0.2, 0.25) is 0 Å². The largest absolute Gasteiger partial charge is 0.364 e. The van der Waals surface area contributed by atoms with E-state index in [0.717, 1.165) is 19.5 Å². The van der Waals surface area contributed by atoms with E-state index in [4.69, 9.17) is 0 Å². The highest BCUT2D eigenvalue weighted by Crippen LogP contribution is 2.30. The van der Waals surface area contributed by atoms with Crippen LogP contribution in [-0.4, -0.2) is 13.1 Å². The molecule has 0 aromatic carbocycles. The van der Waals surface area contributed by atoms with Crippen LogP contribution in [0, 0.1) is 6.92 Å². The summed E-state index contributed by atoms with van der Waals surface area (Å²) < 4.78 is 0. The predicted molar refractivity (Wildman–Crippen MR) is 62.0 cm³/mol. The molecular weight excluding hydrogens is 178 g/mol. The Balaban J connectivity index is 2.93. The Hall–Kier alpha value is -0.500. The third kappa shape index (κ3) is 2.05. The molecule has 0 fully saturated rings. The minimum absolute atomic E-state index is 1.11. The highest BCUT2D eigenvalue weighted by atomic mass is 32.1. The number of aryl methyl sites for hydroxylation is 1. The molecule has 1 aromatic heterocycles. The summed E-state index contributed by atoms with van der Waals surface area (Å²) in [5, 5.41) is 3.75. The zero-order valence-corrected chi connectivity index (χ0v) is 9.87. The van der Waals surface area contributed by atoms with Crippen molar-refractivity contribution in [2.24, 2.45) is 0 Å². The minimum atomic E-state index is 1.11. The van der Waals surface area contributed by atoms with Gasteiger partial charge in [0.1, 0.15) is 0 Å². The van der Waals surface area contributed by atoms with Gasteiger partial charge < -0.3 is 4.90 Å². The van der Waals surface area contributed by atoms with Crippen LogP contribution in [0.3, 0.4) is 0 Å². The van der Waals surface area contributed by atoms with E-state index in [1.54, 1.807) is 0 Å². The first-order chi connectivity index (χ1) is 6.24. The molecule has 0 N–H and O–H groups in total. The fourth-order valence-electron chi connectivity index (χ4n) is 1.61. The van der Waals surface area contributed by atoms with Gasteiger partial charge in [0.05, 0.1) is 5.00 Å². The van der Waals surface area contributed by atoms with Crippen molar-refractivity contribution >= 4 is 16.3 Å². The van der Waals surface area contributed by atoms with Crippen LogP contribution >= 0.6 is 11.3 Å². The Morgan fingerprint density at radius 2 is 1.85 bits per heavy atom. The van der Waals surface area contributed by atoms with Crippen LogP contribution in [0.1, 0.15) is 31.9 Å². The van der Waals surface area contributed by atoms with Gasteiger partial charge in [-0.3, -0.25) is 0 Å². The van der Waals surface area contributed by atoms with Gasteiger partial charge in [0.25, 0.3) is 0 Å². The number of thiophene rings is 1. The van der Waals surface area contributed by atoms with Gasteiger partial charge in [-0.2, -0.15) is 0 Å². The Labute approximate surface area is 85.4 Å². The van der Waals surface area contributed by atoms with Crippen LogP contribution in [0.4, 0.5) is 5.00 Å². The summed E-state index contributed by atoms with van der Waals surface area (Å²) in [6.07, 6.45) is 1.16. The SMILES string of the molecule is CCc1csc(N(CC)CC)c1C. The standard InChI is InChI=1S/C11H19NS/c1-5-10-8-13-11(9(10)4)12(6-2)7-3/h8H,5-7H2,1-4H3. The monoisotopic (exact) mass is 197 g/mol. The van der Waals surface area contributed by atoms with E-state index in [1.807, 2.05) is 11.3 Å². The molecule has 0 aliphatic heterocycles. The normalized spacial score (nSPS) is 10.5. The van der Waals surface area contributed by atoms with Gasteiger partial charge in [-0.25, -0.2) is 0 Å². The number of rotatable bonds is 4. The van der Waals surface area contributed by atoms with Crippen molar-refractivity contribution in [2.45, 2.75) is 34.1 Å². The van der Waals surface area contributed by atoms with Crippen LogP contribution in [0.15, 0.2) is 5.38 Å².